The summed E-state index contributed by atoms with van der Waals surface area (Å²) in [6.45, 7) is 2.55. The van der Waals surface area contributed by atoms with Crippen molar-refractivity contribution in [2.45, 2.75) is 25.8 Å². The molecule has 8 heteroatoms. The minimum Gasteiger partial charge on any atom is -0.352 e. The van der Waals surface area contributed by atoms with E-state index in [9.17, 15) is 9.59 Å². The van der Waals surface area contributed by atoms with E-state index in [-0.39, 0.29) is 11.6 Å². The van der Waals surface area contributed by atoms with E-state index in [1.165, 1.54) is 11.6 Å². The van der Waals surface area contributed by atoms with E-state index in [1.807, 2.05) is 0 Å². The Labute approximate surface area is 115 Å². The molecular weight excluding hydrogens is 260 g/mol. The molecule has 2 aromatic heterocycles. The highest BCUT2D eigenvalue weighted by molar-refractivity contribution is 5.72. The first-order valence-electron chi connectivity index (χ1n) is 6.61. The van der Waals surface area contributed by atoms with Crippen molar-refractivity contribution in [2.75, 3.05) is 11.9 Å². The van der Waals surface area contributed by atoms with Gasteiger partial charge >= 0.3 is 5.69 Å². The number of fused-ring (bicyclic) bond motifs is 1. The Balaban J connectivity index is 2.49. The first-order chi connectivity index (χ1) is 9.49. The molecule has 1 atom stereocenters. The van der Waals surface area contributed by atoms with Crippen LogP contribution in [0, 0.1) is 0 Å². The van der Waals surface area contributed by atoms with Crippen molar-refractivity contribution in [3.63, 3.8) is 0 Å². The summed E-state index contributed by atoms with van der Waals surface area (Å²) >= 11 is 0. The maximum atomic E-state index is 12.0. The number of aromatic nitrogens is 4. The molecule has 0 radical (unpaired) electrons. The molecule has 0 aliphatic rings. The van der Waals surface area contributed by atoms with Crippen molar-refractivity contribution in [3.05, 3.63) is 20.8 Å². The number of anilines is 1. The fraction of sp³-hybridized carbons (Fsp3) is 0.583. The van der Waals surface area contributed by atoms with E-state index in [0.717, 1.165) is 17.4 Å². The zero-order valence-electron chi connectivity index (χ0n) is 11.9. The van der Waals surface area contributed by atoms with Crippen LogP contribution in [0.25, 0.3) is 11.2 Å². The molecule has 0 fully saturated rings. The number of rotatable bonds is 5. The van der Waals surface area contributed by atoms with Crippen molar-refractivity contribution in [1.82, 2.24) is 19.1 Å². The predicted molar refractivity (Wildman–Crippen MR) is 77.9 cm³/mol. The first kappa shape index (κ1) is 14.3. The van der Waals surface area contributed by atoms with Crippen LogP contribution in [0.1, 0.15) is 19.8 Å². The summed E-state index contributed by atoms with van der Waals surface area (Å²) in [6, 6.07) is 0.0847. The molecule has 0 amide bonds. The number of aromatic amines is 1. The minimum absolute atomic E-state index is 0.0847. The van der Waals surface area contributed by atoms with Gasteiger partial charge in [0.25, 0.3) is 5.56 Å². The molecule has 0 spiro atoms. The molecule has 2 rings (SSSR count). The summed E-state index contributed by atoms with van der Waals surface area (Å²) in [6.07, 6.45) is 1.90. The van der Waals surface area contributed by atoms with Crippen LogP contribution in [0.5, 0.6) is 0 Å². The van der Waals surface area contributed by atoms with Crippen molar-refractivity contribution >= 4 is 17.1 Å². The third-order valence-corrected chi connectivity index (χ3v) is 3.36. The molecule has 20 heavy (non-hydrogen) atoms. The normalized spacial score (nSPS) is 12.8. The van der Waals surface area contributed by atoms with Gasteiger partial charge in [0.15, 0.2) is 11.2 Å². The van der Waals surface area contributed by atoms with Gasteiger partial charge in [-0.1, -0.05) is 13.3 Å². The summed E-state index contributed by atoms with van der Waals surface area (Å²) in [7, 11) is 3.03. The van der Waals surface area contributed by atoms with Gasteiger partial charge in [-0.2, -0.15) is 4.98 Å². The highest BCUT2D eigenvalue weighted by Gasteiger charge is 2.14. The van der Waals surface area contributed by atoms with Crippen LogP contribution in [0.4, 0.5) is 5.95 Å². The molecule has 2 aromatic rings. The molecule has 0 aliphatic carbocycles. The van der Waals surface area contributed by atoms with Crippen LogP contribution < -0.4 is 22.3 Å². The lowest BCUT2D eigenvalue weighted by molar-refractivity contribution is 0.644. The fourth-order valence-electron chi connectivity index (χ4n) is 2.19. The fourth-order valence-corrected chi connectivity index (χ4v) is 2.19. The van der Waals surface area contributed by atoms with Gasteiger partial charge in [-0.3, -0.25) is 13.9 Å². The Hall–Kier alpha value is -2.09. The van der Waals surface area contributed by atoms with Crippen LogP contribution in [0.3, 0.4) is 0 Å². The van der Waals surface area contributed by atoms with Gasteiger partial charge in [0.05, 0.1) is 0 Å². The largest absolute Gasteiger partial charge is 0.352 e. The summed E-state index contributed by atoms with van der Waals surface area (Å²) in [5, 5.41) is 3.16. The zero-order chi connectivity index (χ0) is 14.9. The minimum atomic E-state index is -0.399. The van der Waals surface area contributed by atoms with Crippen molar-refractivity contribution in [2.24, 2.45) is 19.8 Å². The van der Waals surface area contributed by atoms with Crippen LogP contribution in [0.15, 0.2) is 9.59 Å². The van der Waals surface area contributed by atoms with Gasteiger partial charge in [-0.05, 0) is 6.42 Å². The van der Waals surface area contributed by atoms with Gasteiger partial charge in [-0.25, -0.2) is 4.79 Å². The number of nitrogens with one attached hydrogen (secondary N) is 2. The molecule has 0 saturated carbocycles. The molecular formula is C12H20N6O2. The van der Waals surface area contributed by atoms with Gasteiger partial charge < -0.3 is 16.0 Å². The molecule has 0 saturated heterocycles. The quantitative estimate of drug-likeness (QED) is 0.684. The number of aryl methyl sites for hydroxylation is 1. The number of nitrogens with zero attached hydrogens (tertiary/aromatic N) is 3. The van der Waals surface area contributed by atoms with Gasteiger partial charge in [-0.15, -0.1) is 0 Å². The zero-order valence-corrected chi connectivity index (χ0v) is 11.9. The van der Waals surface area contributed by atoms with E-state index in [0.29, 0.717) is 23.7 Å². The third kappa shape index (κ3) is 2.34. The smallest absolute Gasteiger partial charge is 0.332 e. The number of hydrogen-bond acceptors (Lipinski definition) is 5. The highest BCUT2D eigenvalue weighted by Crippen LogP contribution is 2.10. The second-order valence-corrected chi connectivity index (χ2v) is 4.86. The second-order valence-electron chi connectivity index (χ2n) is 4.86. The SMILES string of the molecule is CCCC(CN)Nc1nc2c([nH]1)c(=O)n(C)c(=O)n2C. The van der Waals surface area contributed by atoms with E-state index in [4.69, 9.17) is 5.73 Å². The van der Waals surface area contributed by atoms with Crippen LogP contribution >= 0.6 is 0 Å². The Morgan fingerprint density at radius 1 is 1.35 bits per heavy atom. The topological polar surface area (TPSA) is 111 Å². The van der Waals surface area contributed by atoms with Gasteiger partial charge in [0.2, 0.25) is 5.95 Å². The number of imidazole rings is 1. The Kier molecular flexibility index (Phi) is 3.93. The van der Waals surface area contributed by atoms with Gasteiger partial charge in [0.1, 0.15) is 0 Å². The first-order valence-corrected chi connectivity index (χ1v) is 6.61. The van der Waals surface area contributed by atoms with Gasteiger partial charge in [0, 0.05) is 26.7 Å². The van der Waals surface area contributed by atoms with Crippen molar-refractivity contribution < 1.29 is 0 Å². The Morgan fingerprint density at radius 3 is 2.65 bits per heavy atom. The molecule has 4 N–H and O–H groups in total. The van der Waals surface area contributed by atoms with Crippen LogP contribution in [-0.4, -0.2) is 31.7 Å². The summed E-state index contributed by atoms with van der Waals surface area (Å²) in [5.41, 5.74) is 5.55. The van der Waals surface area contributed by atoms with Crippen molar-refractivity contribution in [1.29, 1.82) is 0 Å². The monoisotopic (exact) mass is 280 g/mol. The maximum absolute atomic E-state index is 12.0. The summed E-state index contributed by atoms with van der Waals surface area (Å²) in [5.74, 6) is 0.460. The maximum Gasteiger partial charge on any atom is 0.332 e. The van der Waals surface area contributed by atoms with Crippen LogP contribution in [-0.2, 0) is 14.1 Å². The molecule has 0 bridgehead atoms. The molecule has 0 aromatic carbocycles. The number of hydrogen-bond donors (Lipinski definition) is 3. The average molecular weight is 280 g/mol. The molecule has 110 valence electrons. The lowest BCUT2D eigenvalue weighted by Gasteiger charge is -2.14. The Morgan fingerprint density at radius 2 is 2.05 bits per heavy atom. The van der Waals surface area contributed by atoms with Crippen LogP contribution in [0.2, 0.25) is 0 Å². The molecule has 0 aliphatic heterocycles. The van der Waals surface area contributed by atoms with E-state index in [1.54, 1.807) is 7.05 Å². The predicted octanol–water partition coefficient (Wildman–Crippen LogP) is -0.500. The highest BCUT2D eigenvalue weighted by atomic mass is 16.2. The summed E-state index contributed by atoms with van der Waals surface area (Å²) < 4.78 is 2.40. The van der Waals surface area contributed by atoms with E-state index in [2.05, 4.69) is 22.2 Å². The second kappa shape index (κ2) is 5.49. The standard InChI is InChI=1S/C12H20N6O2/c1-4-5-7(6-13)14-11-15-8-9(16-11)17(2)12(20)18(3)10(8)19/h7H,4-6,13H2,1-3H3,(H2,14,15,16). The number of H-pyrrole nitrogens is 1. The summed E-state index contributed by atoms with van der Waals surface area (Å²) in [4.78, 5) is 31.0. The lowest BCUT2D eigenvalue weighted by atomic mass is 10.2. The third-order valence-electron chi connectivity index (χ3n) is 3.36. The molecule has 1 unspecified atom stereocenters. The molecule has 8 nitrogen and oxygen atoms in total. The number of nitrogens with two attached hydrogens (primary N) is 1. The van der Waals surface area contributed by atoms with E-state index >= 15 is 0 Å². The average Bonchev–Trinajstić information content (AvgIpc) is 2.86. The molecule has 2 heterocycles. The Bertz CT molecular complexity index is 726. The lowest BCUT2D eigenvalue weighted by Crippen LogP contribution is -2.36. The van der Waals surface area contributed by atoms with Crippen molar-refractivity contribution in [3.8, 4) is 0 Å². The van der Waals surface area contributed by atoms with E-state index < -0.39 is 5.69 Å².